The maximum absolute atomic E-state index is 9.77. The highest BCUT2D eigenvalue weighted by Crippen LogP contribution is 2.30. The minimum absolute atomic E-state index is 0.371. The van der Waals surface area contributed by atoms with Gasteiger partial charge in [-0.3, -0.25) is 0 Å². The summed E-state index contributed by atoms with van der Waals surface area (Å²) >= 11 is 0. The maximum atomic E-state index is 9.77. The van der Waals surface area contributed by atoms with E-state index in [4.69, 9.17) is 9.84 Å². The van der Waals surface area contributed by atoms with Gasteiger partial charge in [0.15, 0.2) is 0 Å². The molecule has 5 nitrogen and oxygen atoms in total. The summed E-state index contributed by atoms with van der Waals surface area (Å²) < 4.78 is 5.34. The lowest BCUT2D eigenvalue weighted by Crippen LogP contribution is -2.55. The minimum Gasteiger partial charge on any atom is -0.394 e. The number of hydrogen-bond acceptors (Lipinski definition) is 5. The van der Waals surface area contributed by atoms with Crippen molar-refractivity contribution in [2.75, 3.05) is 6.61 Å². The molecule has 0 unspecified atom stereocenters. The van der Waals surface area contributed by atoms with Crippen molar-refractivity contribution in [3.8, 4) is 0 Å². The molecule has 0 spiro atoms. The van der Waals surface area contributed by atoms with Gasteiger partial charge in [-0.2, -0.15) is 0 Å². The molecule has 1 radical (unpaired) electrons. The third kappa shape index (κ3) is 4.17. The summed E-state index contributed by atoms with van der Waals surface area (Å²) in [5, 5.41) is 38.0. The average Bonchev–Trinajstić information content (AvgIpc) is 2.38. The molecule has 0 saturated carbocycles. The van der Waals surface area contributed by atoms with Crippen molar-refractivity contribution in [1.29, 1.82) is 0 Å². The van der Waals surface area contributed by atoms with E-state index in [1.165, 1.54) is 12.8 Å². The highest BCUT2D eigenvalue weighted by Gasteiger charge is 2.43. The Morgan fingerprint density at radius 1 is 1.00 bits per heavy atom. The highest BCUT2D eigenvalue weighted by atomic mass is 16.5. The Morgan fingerprint density at radius 3 is 2.28 bits per heavy atom. The number of rotatable bonds is 7. The van der Waals surface area contributed by atoms with Gasteiger partial charge in [-0.15, -0.1) is 0 Å². The highest BCUT2D eigenvalue weighted by molar-refractivity contribution is 5.01. The van der Waals surface area contributed by atoms with Crippen molar-refractivity contribution < 1.29 is 25.2 Å². The monoisotopic (exact) mass is 261 g/mol. The van der Waals surface area contributed by atoms with Crippen LogP contribution >= 0.6 is 0 Å². The summed E-state index contributed by atoms with van der Waals surface area (Å²) in [5.74, 6) is 0. The van der Waals surface area contributed by atoms with Gasteiger partial charge in [0.1, 0.15) is 30.5 Å². The zero-order valence-electron chi connectivity index (χ0n) is 11.0. The third-order valence-corrected chi connectivity index (χ3v) is 3.39. The fourth-order valence-corrected chi connectivity index (χ4v) is 2.19. The molecule has 0 aliphatic carbocycles. The Labute approximate surface area is 108 Å². The van der Waals surface area contributed by atoms with Gasteiger partial charge < -0.3 is 25.2 Å². The van der Waals surface area contributed by atoms with Crippen LogP contribution in [0.3, 0.4) is 0 Å². The van der Waals surface area contributed by atoms with Crippen LogP contribution in [-0.4, -0.2) is 51.4 Å². The molecule has 1 aliphatic rings. The van der Waals surface area contributed by atoms with Crippen molar-refractivity contribution in [3.63, 3.8) is 0 Å². The van der Waals surface area contributed by atoms with Gasteiger partial charge in [0.25, 0.3) is 0 Å². The van der Waals surface area contributed by atoms with Crippen LogP contribution in [0.2, 0.25) is 0 Å². The number of aliphatic hydroxyl groups is 4. The first kappa shape index (κ1) is 15.9. The number of ether oxygens (including phenoxy) is 1. The normalized spacial score (nSPS) is 33.8. The van der Waals surface area contributed by atoms with Crippen LogP contribution in [-0.2, 0) is 4.74 Å². The van der Waals surface area contributed by atoms with E-state index in [-0.39, 0.29) is 6.61 Å². The fourth-order valence-electron chi connectivity index (χ4n) is 2.19. The van der Waals surface area contributed by atoms with Crippen LogP contribution in [0.15, 0.2) is 0 Å². The smallest absolute Gasteiger partial charge is 0.129 e. The fraction of sp³-hybridized carbons (Fsp3) is 0.923. The van der Waals surface area contributed by atoms with E-state index >= 15 is 0 Å². The van der Waals surface area contributed by atoms with Gasteiger partial charge in [0.2, 0.25) is 0 Å². The van der Waals surface area contributed by atoms with Gasteiger partial charge in [0, 0.05) is 0 Å². The quantitative estimate of drug-likeness (QED) is 0.497. The number of hydrogen-bond donors (Lipinski definition) is 4. The van der Waals surface area contributed by atoms with Crippen LogP contribution < -0.4 is 0 Å². The van der Waals surface area contributed by atoms with Crippen molar-refractivity contribution in [2.45, 2.75) is 69.9 Å². The molecular weight excluding hydrogens is 236 g/mol. The number of aliphatic hydroxyl groups excluding tert-OH is 4. The summed E-state index contributed by atoms with van der Waals surface area (Å²) in [6.45, 7) is 1.77. The van der Waals surface area contributed by atoms with Gasteiger partial charge in [-0.1, -0.05) is 39.0 Å². The summed E-state index contributed by atoms with van der Waals surface area (Å²) in [6, 6.07) is 0. The lowest BCUT2D eigenvalue weighted by atomic mass is 9.92. The first-order valence-electron chi connectivity index (χ1n) is 6.79. The zero-order chi connectivity index (χ0) is 13.5. The molecule has 5 heteroatoms. The van der Waals surface area contributed by atoms with Crippen LogP contribution in [0.25, 0.3) is 0 Å². The second kappa shape index (κ2) is 8.07. The van der Waals surface area contributed by atoms with E-state index in [0.29, 0.717) is 12.5 Å². The average molecular weight is 261 g/mol. The van der Waals surface area contributed by atoms with Gasteiger partial charge >= 0.3 is 0 Å². The lowest BCUT2D eigenvalue weighted by Gasteiger charge is -2.39. The van der Waals surface area contributed by atoms with Gasteiger partial charge in [-0.25, -0.2) is 0 Å². The molecule has 4 atom stereocenters. The molecule has 107 valence electrons. The van der Waals surface area contributed by atoms with E-state index in [2.05, 4.69) is 6.92 Å². The summed E-state index contributed by atoms with van der Waals surface area (Å²) in [4.78, 5) is 0. The van der Waals surface area contributed by atoms with Crippen molar-refractivity contribution in [3.05, 3.63) is 6.10 Å². The van der Waals surface area contributed by atoms with Gasteiger partial charge in [0.05, 0.1) is 6.61 Å². The molecule has 0 aromatic carbocycles. The second-order valence-corrected chi connectivity index (χ2v) is 4.90. The SMILES string of the molecule is CCCCCCC[C]1O[C@H](CO)[C@@H](O)[C@H](O)[C@H]1O. The Hall–Kier alpha value is -0.200. The predicted molar refractivity (Wildman–Crippen MR) is 66.6 cm³/mol. The standard InChI is InChI=1S/C13H25O5/c1-2-3-4-5-6-7-9-11(15)13(17)12(16)10(8-14)18-9/h10-17H,2-8H2,1H3/t10-,11+,12-,13-/m1/s1. The molecule has 1 fully saturated rings. The molecule has 0 amide bonds. The summed E-state index contributed by atoms with van der Waals surface area (Å²) in [5.41, 5.74) is 0. The predicted octanol–water partition coefficient (Wildman–Crippen LogP) is 0.353. The molecule has 0 bridgehead atoms. The lowest BCUT2D eigenvalue weighted by molar-refractivity contribution is -0.192. The zero-order valence-corrected chi connectivity index (χ0v) is 11.0. The molecule has 1 saturated heterocycles. The van der Waals surface area contributed by atoms with Crippen LogP contribution in [0, 0.1) is 6.10 Å². The number of unbranched alkanes of at least 4 members (excludes halogenated alkanes) is 4. The van der Waals surface area contributed by atoms with E-state index in [1.807, 2.05) is 0 Å². The third-order valence-electron chi connectivity index (χ3n) is 3.39. The summed E-state index contributed by atoms with van der Waals surface area (Å²) in [7, 11) is 0. The van der Waals surface area contributed by atoms with Gasteiger partial charge in [-0.05, 0) is 6.42 Å². The second-order valence-electron chi connectivity index (χ2n) is 4.90. The minimum atomic E-state index is -1.28. The molecule has 1 heterocycles. The molecule has 0 aromatic rings. The van der Waals surface area contributed by atoms with Crippen LogP contribution in [0.1, 0.15) is 45.4 Å². The molecule has 0 aromatic heterocycles. The van der Waals surface area contributed by atoms with E-state index in [0.717, 1.165) is 19.3 Å². The molecule has 1 rings (SSSR count). The Balaban J connectivity index is 2.35. The van der Waals surface area contributed by atoms with Crippen molar-refractivity contribution in [1.82, 2.24) is 0 Å². The first-order chi connectivity index (χ1) is 8.61. The Morgan fingerprint density at radius 2 is 1.67 bits per heavy atom. The van der Waals surface area contributed by atoms with E-state index < -0.39 is 24.4 Å². The van der Waals surface area contributed by atoms with E-state index in [9.17, 15) is 15.3 Å². The first-order valence-corrected chi connectivity index (χ1v) is 6.79. The molecule has 4 N–H and O–H groups in total. The molecular formula is C13H25O5. The van der Waals surface area contributed by atoms with Crippen molar-refractivity contribution >= 4 is 0 Å². The maximum Gasteiger partial charge on any atom is 0.129 e. The molecule has 18 heavy (non-hydrogen) atoms. The Kier molecular flexibility index (Phi) is 7.11. The topological polar surface area (TPSA) is 90.2 Å². The largest absolute Gasteiger partial charge is 0.394 e. The molecule has 1 aliphatic heterocycles. The summed E-state index contributed by atoms with van der Waals surface area (Å²) in [6.07, 6.45) is 1.87. The van der Waals surface area contributed by atoms with Crippen LogP contribution in [0.5, 0.6) is 0 Å². The van der Waals surface area contributed by atoms with Crippen molar-refractivity contribution in [2.24, 2.45) is 0 Å². The Bertz CT molecular complexity index is 221. The van der Waals surface area contributed by atoms with E-state index in [1.54, 1.807) is 0 Å². The van der Waals surface area contributed by atoms with Crippen LogP contribution in [0.4, 0.5) is 0 Å².